The number of carboxylic acids is 1. The molecule has 5 nitrogen and oxygen atoms in total. The van der Waals surface area contributed by atoms with E-state index in [9.17, 15) is 14.7 Å². The zero-order chi connectivity index (χ0) is 14.1. The predicted molar refractivity (Wildman–Crippen MR) is 74.5 cm³/mol. The third kappa shape index (κ3) is 2.24. The molecule has 0 aromatic heterocycles. The van der Waals surface area contributed by atoms with Crippen LogP contribution < -0.4 is 5.32 Å². The summed E-state index contributed by atoms with van der Waals surface area (Å²) in [6, 6.07) is 6.84. The highest BCUT2D eigenvalue weighted by Crippen LogP contribution is 2.27. The van der Waals surface area contributed by atoms with Crippen LogP contribution in [0.4, 0.5) is 5.69 Å². The van der Waals surface area contributed by atoms with Crippen molar-refractivity contribution in [2.45, 2.75) is 37.8 Å². The van der Waals surface area contributed by atoms with Gasteiger partial charge in [-0.1, -0.05) is 18.2 Å². The van der Waals surface area contributed by atoms with E-state index in [-0.39, 0.29) is 11.9 Å². The second kappa shape index (κ2) is 5.15. The number of para-hydroxylation sites is 1. The molecular weight excluding hydrogens is 256 g/mol. The summed E-state index contributed by atoms with van der Waals surface area (Å²) in [6.45, 7) is 0.546. The number of benzene rings is 1. The standard InChI is InChI=1S/C15H18N2O3/c18-14(17-8-4-3-7-13(17)15(19)20)12-9-10-5-1-2-6-11(10)16-12/h1-2,5-6,12-13,16H,3-4,7-9H2,(H,19,20)/t12-,13?/m0/s1. The normalized spacial score (nSPS) is 24.9. The van der Waals surface area contributed by atoms with Crippen molar-refractivity contribution >= 4 is 17.6 Å². The fourth-order valence-electron chi connectivity index (χ4n) is 3.10. The van der Waals surface area contributed by atoms with Gasteiger partial charge in [0.05, 0.1) is 0 Å². The Morgan fingerprint density at radius 1 is 1.25 bits per heavy atom. The lowest BCUT2D eigenvalue weighted by Gasteiger charge is -2.34. The zero-order valence-corrected chi connectivity index (χ0v) is 11.2. The molecule has 2 atom stereocenters. The molecule has 1 aromatic rings. The van der Waals surface area contributed by atoms with Gasteiger partial charge < -0.3 is 15.3 Å². The number of piperidine rings is 1. The van der Waals surface area contributed by atoms with E-state index in [1.165, 1.54) is 4.90 Å². The lowest BCUT2D eigenvalue weighted by Crippen LogP contribution is -2.52. The Bertz CT molecular complexity index is 519. The van der Waals surface area contributed by atoms with E-state index >= 15 is 0 Å². The summed E-state index contributed by atoms with van der Waals surface area (Å²) in [7, 11) is 0. The van der Waals surface area contributed by atoms with Gasteiger partial charge in [0, 0.05) is 18.7 Å². The van der Waals surface area contributed by atoms with Crippen molar-refractivity contribution in [3.8, 4) is 0 Å². The summed E-state index contributed by atoms with van der Waals surface area (Å²) in [5.41, 5.74) is 2.10. The molecular formula is C15H18N2O3. The SMILES string of the molecule is O=C(O)C1CCCCN1C(=O)[C@@H]1Cc2ccccc2N1. The third-order valence-corrected chi connectivity index (χ3v) is 4.14. The minimum absolute atomic E-state index is 0.0895. The molecule has 1 unspecified atom stereocenters. The Hall–Kier alpha value is -2.04. The number of anilines is 1. The Labute approximate surface area is 117 Å². The zero-order valence-electron chi connectivity index (χ0n) is 11.2. The second-order valence-corrected chi connectivity index (χ2v) is 5.44. The number of fused-ring (bicyclic) bond motifs is 1. The molecule has 1 aromatic carbocycles. The summed E-state index contributed by atoms with van der Waals surface area (Å²) in [5, 5.41) is 12.5. The number of amides is 1. The molecule has 0 radical (unpaired) electrons. The van der Waals surface area contributed by atoms with E-state index in [1.54, 1.807) is 0 Å². The number of hydrogen-bond acceptors (Lipinski definition) is 3. The van der Waals surface area contributed by atoms with E-state index in [1.807, 2.05) is 24.3 Å². The number of rotatable bonds is 2. The smallest absolute Gasteiger partial charge is 0.326 e. The minimum atomic E-state index is -0.895. The van der Waals surface area contributed by atoms with Gasteiger partial charge in [-0.2, -0.15) is 0 Å². The Kier molecular flexibility index (Phi) is 3.34. The highest BCUT2D eigenvalue weighted by atomic mass is 16.4. The molecule has 3 rings (SSSR count). The Balaban J connectivity index is 1.75. The first-order valence-electron chi connectivity index (χ1n) is 7.04. The van der Waals surface area contributed by atoms with Gasteiger partial charge in [-0.05, 0) is 30.9 Å². The van der Waals surface area contributed by atoms with Crippen LogP contribution in [0, 0.1) is 0 Å². The maximum atomic E-state index is 12.6. The number of carbonyl (C=O) groups is 2. The van der Waals surface area contributed by atoms with Gasteiger partial charge in [-0.25, -0.2) is 4.79 Å². The maximum Gasteiger partial charge on any atom is 0.326 e. The topological polar surface area (TPSA) is 69.6 Å². The maximum absolute atomic E-state index is 12.6. The molecule has 2 heterocycles. The summed E-state index contributed by atoms with van der Waals surface area (Å²) in [5.74, 6) is -0.984. The van der Waals surface area contributed by atoms with E-state index in [0.717, 1.165) is 24.1 Å². The average Bonchev–Trinajstić information content (AvgIpc) is 2.90. The van der Waals surface area contributed by atoms with E-state index < -0.39 is 12.0 Å². The van der Waals surface area contributed by atoms with Crippen molar-refractivity contribution in [2.24, 2.45) is 0 Å². The van der Waals surface area contributed by atoms with Gasteiger partial charge in [0.25, 0.3) is 0 Å². The van der Waals surface area contributed by atoms with Crippen molar-refractivity contribution in [3.05, 3.63) is 29.8 Å². The van der Waals surface area contributed by atoms with Crippen LogP contribution in [0.25, 0.3) is 0 Å². The molecule has 1 fully saturated rings. The average molecular weight is 274 g/mol. The highest BCUT2D eigenvalue weighted by Gasteiger charge is 2.37. The second-order valence-electron chi connectivity index (χ2n) is 5.44. The molecule has 0 bridgehead atoms. The number of nitrogens with zero attached hydrogens (tertiary/aromatic N) is 1. The highest BCUT2D eigenvalue weighted by molar-refractivity contribution is 5.90. The first-order chi connectivity index (χ1) is 9.66. The van der Waals surface area contributed by atoms with E-state index in [0.29, 0.717) is 19.4 Å². The minimum Gasteiger partial charge on any atom is -0.480 e. The van der Waals surface area contributed by atoms with Crippen molar-refractivity contribution < 1.29 is 14.7 Å². The number of likely N-dealkylation sites (tertiary alicyclic amines) is 1. The molecule has 5 heteroatoms. The van der Waals surface area contributed by atoms with Crippen LogP contribution in [0.1, 0.15) is 24.8 Å². The van der Waals surface area contributed by atoms with Crippen molar-refractivity contribution in [1.29, 1.82) is 0 Å². The summed E-state index contributed by atoms with van der Waals surface area (Å²) < 4.78 is 0. The van der Waals surface area contributed by atoms with Gasteiger partial charge in [0.2, 0.25) is 5.91 Å². The number of carboxylic acid groups (broad SMARTS) is 1. The summed E-state index contributed by atoms with van der Waals surface area (Å²) in [6.07, 6.45) is 2.95. The van der Waals surface area contributed by atoms with Crippen LogP contribution in [0.5, 0.6) is 0 Å². The van der Waals surface area contributed by atoms with Crippen molar-refractivity contribution in [3.63, 3.8) is 0 Å². The van der Waals surface area contributed by atoms with E-state index in [2.05, 4.69) is 5.32 Å². The van der Waals surface area contributed by atoms with Crippen LogP contribution >= 0.6 is 0 Å². The van der Waals surface area contributed by atoms with Gasteiger partial charge in [-0.3, -0.25) is 4.79 Å². The number of nitrogens with one attached hydrogen (secondary N) is 1. The Morgan fingerprint density at radius 2 is 2.05 bits per heavy atom. The molecule has 2 N–H and O–H groups in total. The Morgan fingerprint density at radius 3 is 2.80 bits per heavy atom. The largest absolute Gasteiger partial charge is 0.480 e. The fourth-order valence-corrected chi connectivity index (χ4v) is 3.10. The molecule has 2 aliphatic rings. The molecule has 0 spiro atoms. The number of aliphatic carboxylic acids is 1. The number of hydrogen-bond donors (Lipinski definition) is 2. The first kappa shape index (κ1) is 13.0. The molecule has 106 valence electrons. The van der Waals surface area contributed by atoms with E-state index in [4.69, 9.17) is 0 Å². The van der Waals surface area contributed by atoms with Crippen LogP contribution in [-0.4, -0.2) is 40.5 Å². The van der Waals surface area contributed by atoms with Gasteiger partial charge in [0.15, 0.2) is 0 Å². The van der Waals surface area contributed by atoms with Gasteiger partial charge in [0.1, 0.15) is 12.1 Å². The molecule has 1 saturated heterocycles. The molecule has 2 aliphatic heterocycles. The van der Waals surface area contributed by atoms with Crippen LogP contribution in [-0.2, 0) is 16.0 Å². The van der Waals surface area contributed by atoms with Gasteiger partial charge in [-0.15, -0.1) is 0 Å². The molecule has 0 saturated carbocycles. The number of carbonyl (C=O) groups excluding carboxylic acids is 1. The third-order valence-electron chi connectivity index (χ3n) is 4.14. The van der Waals surface area contributed by atoms with Crippen molar-refractivity contribution in [2.75, 3.05) is 11.9 Å². The molecule has 1 amide bonds. The first-order valence-corrected chi connectivity index (χ1v) is 7.04. The van der Waals surface area contributed by atoms with Crippen molar-refractivity contribution in [1.82, 2.24) is 4.90 Å². The van der Waals surface area contributed by atoms with Crippen LogP contribution in [0.3, 0.4) is 0 Å². The fraction of sp³-hybridized carbons (Fsp3) is 0.467. The molecule has 20 heavy (non-hydrogen) atoms. The summed E-state index contributed by atoms with van der Waals surface area (Å²) in [4.78, 5) is 25.4. The van der Waals surface area contributed by atoms with Crippen LogP contribution in [0.15, 0.2) is 24.3 Å². The molecule has 0 aliphatic carbocycles. The van der Waals surface area contributed by atoms with Crippen LogP contribution in [0.2, 0.25) is 0 Å². The monoisotopic (exact) mass is 274 g/mol. The van der Waals surface area contributed by atoms with Gasteiger partial charge >= 0.3 is 5.97 Å². The predicted octanol–water partition coefficient (Wildman–Crippen LogP) is 1.49. The quantitative estimate of drug-likeness (QED) is 0.857. The lowest BCUT2D eigenvalue weighted by atomic mass is 10.0. The summed E-state index contributed by atoms with van der Waals surface area (Å²) >= 11 is 0. The lowest BCUT2D eigenvalue weighted by molar-refractivity contribution is -0.152.